The summed E-state index contributed by atoms with van der Waals surface area (Å²) in [7, 11) is 0. The maximum atomic E-state index is 10.5. The number of carbonyl (C=O) groups is 1. The Morgan fingerprint density at radius 2 is 2.43 bits per heavy atom. The fraction of sp³-hybridized carbons (Fsp3) is 0. The lowest BCUT2D eigenvalue weighted by Gasteiger charge is -1.86. The van der Waals surface area contributed by atoms with E-state index in [0.29, 0.717) is 11.5 Å². The quantitative estimate of drug-likeness (QED) is 0.705. The molecule has 1 aliphatic heterocycles. The molecule has 2 rings (SSSR count). The van der Waals surface area contributed by atoms with Crippen LogP contribution in [0.4, 0.5) is 0 Å². The van der Waals surface area contributed by atoms with E-state index in [4.69, 9.17) is 9.63 Å². The van der Waals surface area contributed by atoms with E-state index >= 15 is 0 Å². The Kier molecular flexibility index (Phi) is 1.93. The number of rotatable bonds is 2. The van der Waals surface area contributed by atoms with Crippen molar-refractivity contribution in [1.82, 2.24) is 5.16 Å². The van der Waals surface area contributed by atoms with Crippen LogP contribution in [0.3, 0.4) is 0 Å². The summed E-state index contributed by atoms with van der Waals surface area (Å²) in [6.45, 7) is 0. The van der Waals surface area contributed by atoms with Crippen LogP contribution in [-0.4, -0.2) is 21.9 Å². The SMILES string of the molecule is O=C(O)c1cc(C2=NC=[C+]C=C2)on1. The summed E-state index contributed by atoms with van der Waals surface area (Å²) >= 11 is 0. The lowest BCUT2D eigenvalue weighted by atomic mass is 10.2. The normalized spacial score (nSPS) is 13.6. The van der Waals surface area contributed by atoms with Crippen LogP contribution in [-0.2, 0) is 0 Å². The number of aliphatic imine (C=N–C) groups is 1. The van der Waals surface area contributed by atoms with Crippen molar-refractivity contribution in [2.45, 2.75) is 0 Å². The molecule has 0 spiro atoms. The molecule has 14 heavy (non-hydrogen) atoms. The average Bonchev–Trinajstić information content (AvgIpc) is 2.68. The molecule has 1 aromatic heterocycles. The fourth-order valence-corrected chi connectivity index (χ4v) is 0.962. The van der Waals surface area contributed by atoms with Gasteiger partial charge in [-0.05, 0) is 0 Å². The highest BCUT2D eigenvalue weighted by molar-refractivity contribution is 6.08. The number of carboxylic acid groups (broad SMARTS) is 1. The standard InChI is InChI=1S/C9H4N2O3/c12-9(13)7-5-8(14-11-7)6-3-1-2-4-10-6/h1,3-5H/p+1. The van der Waals surface area contributed by atoms with Crippen molar-refractivity contribution in [2.75, 3.05) is 0 Å². The first-order chi connectivity index (χ1) is 6.77. The molecule has 0 amide bonds. The predicted octanol–water partition coefficient (Wildman–Crippen LogP) is 1.05. The molecule has 1 N–H and O–H groups in total. The topological polar surface area (TPSA) is 75.7 Å². The molecule has 2 heterocycles. The van der Waals surface area contributed by atoms with Crippen molar-refractivity contribution in [3.05, 3.63) is 41.9 Å². The van der Waals surface area contributed by atoms with Gasteiger partial charge >= 0.3 is 5.97 Å². The highest BCUT2D eigenvalue weighted by Gasteiger charge is 2.16. The van der Waals surface area contributed by atoms with Gasteiger partial charge in [-0.15, -0.1) is 0 Å². The Morgan fingerprint density at radius 3 is 3.00 bits per heavy atom. The molecule has 0 radical (unpaired) electrons. The Morgan fingerprint density at radius 1 is 1.57 bits per heavy atom. The zero-order chi connectivity index (χ0) is 9.97. The Bertz CT molecular complexity index is 454. The van der Waals surface area contributed by atoms with Gasteiger partial charge in [0.05, 0.1) is 0 Å². The Balaban J connectivity index is 2.34. The van der Waals surface area contributed by atoms with Gasteiger partial charge in [0, 0.05) is 6.07 Å². The van der Waals surface area contributed by atoms with Gasteiger partial charge in [0.25, 0.3) is 0 Å². The van der Waals surface area contributed by atoms with E-state index < -0.39 is 5.97 Å². The van der Waals surface area contributed by atoms with Gasteiger partial charge in [0.15, 0.2) is 23.7 Å². The Labute approximate surface area is 79.1 Å². The number of hydrogen-bond donors (Lipinski definition) is 1. The van der Waals surface area contributed by atoms with Crippen molar-refractivity contribution < 1.29 is 14.4 Å². The van der Waals surface area contributed by atoms with Gasteiger partial charge in [-0.1, -0.05) is 5.16 Å². The number of hydrogen-bond acceptors (Lipinski definition) is 4. The minimum Gasteiger partial charge on any atom is -0.476 e. The minimum absolute atomic E-state index is 0.130. The molecule has 1 aromatic rings. The number of aromatic nitrogens is 1. The first-order valence-electron chi connectivity index (χ1n) is 3.80. The highest BCUT2D eigenvalue weighted by atomic mass is 16.5. The molecular weight excluding hydrogens is 184 g/mol. The first kappa shape index (κ1) is 8.34. The van der Waals surface area contributed by atoms with Crippen LogP contribution in [0.15, 0.2) is 33.9 Å². The molecule has 0 unspecified atom stereocenters. The first-order valence-corrected chi connectivity index (χ1v) is 3.80. The summed E-state index contributed by atoms with van der Waals surface area (Å²) < 4.78 is 4.80. The van der Waals surface area contributed by atoms with Crippen LogP contribution in [0, 0.1) is 6.08 Å². The van der Waals surface area contributed by atoms with Crippen molar-refractivity contribution in [3.8, 4) is 0 Å². The molecule has 5 nitrogen and oxygen atoms in total. The smallest absolute Gasteiger partial charge is 0.358 e. The average molecular weight is 189 g/mol. The zero-order valence-corrected chi connectivity index (χ0v) is 6.97. The van der Waals surface area contributed by atoms with Crippen molar-refractivity contribution >= 4 is 11.7 Å². The number of carboxylic acids is 1. The molecule has 5 heteroatoms. The second-order valence-electron chi connectivity index (χ2n) is 2.52. The third kappa shape index (κ3) is 1.44. The van der Waals surface area contributed by atoms with E-state index in [9.17, 15) is 4.79 Å². The van der Waals surface area contributed by atoms with Gasteiger partial charge < -0.3 is 9.63 Å². The molecule has 0 bridgehead atoms. The lowest BCUT2D eigenvalue weighted by molar-refractivity contribution is 0.0685. The summed E-state index contributed by atoms with van der Waals surface area (Å²) in [5.74, 6) is -0.793. The maximum absolute atomic E-state index is 10.5. The van der Waals surface area contributed by atoms with Crippen LogP contribution in [0.1, 0.15) is 16.2 Å². The number of allylic oxidation sites excluding steroid dienone is 3. The third-order valence-corrected chi connectivity index (χ3v) is 1.60. The van der Waals surface area contributed by atoms with Crippen LogP contribution >= 0.6 is 0 Å². The highest BCUT2D eigenvalue weighted by Crippen LogP contribution is 2.08. The van der Waals surface area contributed by atoms with Crippen LogP contribution in [0.25, 0.3) is 0 Å². The molecule has 1 aliphatic rings. The zero-order valence-electron chi connectivity index (χ0n) is 6.97. The Hall–Kier alpha value is -2.26. The maximum Gasteiger partial charge on any atom is 0.358 e. The lowest BCUT2D eigenvalue weighted by Crippen LogP contribution is -1.97. The third-order valence-electron chi connectivity index (χ3n) is 1.60. The molecule has 0 atom stereocenters. The second kappa shape index (κ2) is 3.24. The van der Waals surface area contributed by atoms with Crippen LogP contribution in [0.2, 0.25) is 0 Å². The summed E-state index contributed by atoms with van der Waals surface area (Å²) in [6, 6.07) is 1.32. The van der Waals surface area contributed by atoms with Crippen molar-refractivity contribution in [3.63, 3.8) is 0 Å². The van der Waals surface area contributed by atoms with E-state index in [2.05, 4.69) is 16.2 Å². The molecule has 0 saturated heterocycles. The monoisotopic (exact) mass is 189 g/mol. The van der Waals surface area contributed by atoms with Crippen LogP contribution in [0.5, 0.6) is 0 Å². The second-order valence-corrected chi connectivity index (χ2v) is 2.52. The van der Waals surface area contributed by atoms with Crippen molar-refractivity contribution in [2.24, 2.45) is 4.99 Å². The van der Waals surface area contributed by atoms with Crippen molar-refractivity contribution in [1.29, 1.82) is 0 Å². The molecule has 0 aromatic carbocycles. The molecule has 0 saturated carbocycles. The van der Waals surface area contributed by atoms with Gasteiger partial charge in [-0.2, -0.15) is 0 Å². The van der Waals surface area contributed by atoms with E-state index in [1.807, 2.05) is 0 Å². The largest absolute Gasteiger partial charge is 0.476 e. The fourth-order valence-electron chi connectivity index (χ4n) is 0.962. The summed E-state index contributed by atoms with van der Waals surface area (Å²) in [5, 5.41) is 12.0. The van der Waals surface area contributed by atoms with E-state index in [1.54, 1.807) is 12.2 Å². The van der Waals surface area contributed by atoms with Gasteiger partial charge in [-0.25, -0.2) is 9.79 Å². The molecule has 0 aliphatic carbocycles. The summed E-state index contributed by atoms with van der Waals surface area (Å²) in [4.78, 5) is 14.4. The number of aromatic carboxylic acids is 1. The van der Waals surface area contributed by atoms with Crippen LogP contribution < -0.4 is 0 Å². The van der Waals surface area contributed by atoms with E-state index in [1.165, 1.54) is 12.3 Å². The summed E-state index contributed by atoms with van der Waals surface area (Å²) in [6.07, 6.45) is 7.53. The van der Waals surface area contributed by atoms with Gasteiger partial charge in [0.1, 0.15) is 12.2 Å². The van der Waals surface area contributed by atoms with Gasteiger partial charge in [-0.3, -0.25) is 0 Å². The van der Waals surface area contributed by atoms with E-state index in [0.717, 1.165) is 0 Å². The van der Waals surface area contributed by atoms with E-state index in [-0.39, 0.29) is 5.69 Å². The molecule has 0 fully saturated rings. The van der Waals surface area contributed by atoms with Gasteiger partial charge in [0.2, 0.25) is 5.76 Å². The molecule has 68 valence electrons. The summed E-state index contributed by atoms with van der Waals surface area (Å²) in [5.41, 5.74) is 0.401. The minimum atomic E-state index is -1.12. The number of nitrogens with zero attached hydrogens (tertiary/aromatic N) is 2. The molecular formula is C9H5N2O3+. The predicted molar refractivity (Wildman–Crippen MR) is 47.0 cm³/mol.